The summed E-state index contributed by atoms with van der Waals surface area (Å²) in [6.07, 6.45) is 1.34. The summed E-state index contributed by atoms with van der Waals surface area (Å²) >= 11 is 4.95. The molecule has 0 aliphatic rings. The van der Waals surface area contributed by atoms with E-state index in [4.69, 9.17) is 12.2 Å². The summed E-state index contributed by atoms with van der Waals surface area (Å²) in [6.45, 7) is 1.36. The van der Waals surface area contributed by atoms with Crippen molar-refractivity contribution in [3.05, 3.63) is 58.1 Å². The number of carbonyl (C=O) groups is 1. The Bertz CT molecular complexity index is 850. The zero-order valence-electron chi connectivity index (χ0n) is 13.1. The standard InChI is InChI=1S/C16H14N4O4S/c1-10(21)18-16(25)19-13-4-2-12(3-5-13)17-9-11-8-14(20(23)24)6-7-15(11)22/h2-9,22H,1H3,(H2,18,19,21,25). The van der Waals surface area contributed by atoms with Crippen molar-refractivity contribution in [2.45, 2.75) is 6.92 Å². The lowest BCUT2D eigenvalue weighted by molar-refractivity contribution is -0.384. The number of rotatable bonds is 4. The first-order valence-electron chi connectivity index (χ1n) is 7.05. The molecule has 1 amide bonds. The molecule has 0 bridgehead atoms. The molecule has 2 rings (SSSR count). The zero-order chi connectivity index (χ0) is 18.4. The van der Waals surface area contributed by atoms with Gasteiger partial charge in [0.25, 0.3) is 5.69 Å². The van der Waals surface area contributed by atoms with Crippen molar-refractivity contribution in [2.75, 3.05) is 5.32 Å². The number of phenols is 1. The van der Waals surface area contributed by atoms with Crippen LogP contribution in [0.25, 0.3) is 0 Å². The van der Waals surface area contributed by atoms with Gasteiger partial charge >= 0.3 is 0 Å². The van der Waals surface area contributed by atoms with Gasteiger partial charge in [0, 0.05) is 36.5 Å². The van der Waals surface area contributed by atoms with Gasteiger partial charge in [0.05, 0.1) is 10.6 Å². The second kappa shape index (κ2) is 7.97. The molecule has 0 aliphatic heterocycles. The van der Waals surface area contributed by atoms with Gasteiger partial charge in [-0.1, -0.05) is 0 Å². The highest BCUT2D eigenvalue weighted by Gasteiger charge is 2.08. The van der Waals surface area contributed by atoms with Gasteiger partial charge in [0.15, 0.2) is 5.11 Å². The predicted octanol–water partition coefficient (Wildman–Crippen LogP) is 2.88. The minimum atomic E-state index is -0.546. The van der Waals surface area contributed by atoms with E-state index in [9.17, 15) is 20.0 Å². The molecule has 0 aliphatic carbocycles. The van der Waals surface area contributed by atoms with Crippen LogP contribution in [0.2, 0.25) is 0 Å². The molecule has 0 radical (unpaired) electrons. The summed E-state index contributed by atoms with van der Waals surface area (Å²) in [7, 11) is 0. The topological polar surface area (TPSA) is 117 Å². The zero-order valence-corrected chi connectivity index (χ0v) is 13.9. The number of hydrogen-bond acceptors (Lipinski definition) is 6. The lowest BCUT2D eigenvalue weighted by Crippen LogP contribution is -2.32. The van der Waals surface area contributed by atoms with Crippen molar-refractivity contribution in [3.63, 3.8) is 0 Å². The van der Waals surface area contributed by atoms with Crippen LogP contribution in [0.5, 0.6) is 5.75 Å². The van der Waals surface area contributed by atoms with Crippen molar-refractivity contribution < 1.29 is 14.8 Å². The Balaban J connectivity index is 2.09. The number of nitrogens with one attached hydrogen (secondary N) is 2. The van der Waals surface area contributed by atoms with Crippen LogP contribution in [0.15, 0.2) is 47.5 Å². The number of amides is 1. The SMILES string of the molecule is CC(=O)NC(=S)Nc1ccc(N=Cc2cc([N+](=O)[O-])ccc2O)cc1. The molecule has 8 nitrogen and oxygen atoms in total. The first-order chi connectivity index (χ1) is 11.8. The quantitative estimate of drug-likeness (QED) is 0.335. The molecule has 0 aromatic heterocycles. The molecule has 0 spiro atoms. The number of hydrogen-bond donors (Lipinski definition) is 3. The molecule has 2 aromatic rings. The highest BCUT2D eigenvalue weighted by molar-refractivity contribution is 7.80. The third kappa shape index (κ3) is 5.36. The first-order valence-corrected chi connectivity index (χ1v) is 7.46. The fourth-order valence-corrected chi connectivity index (χ4v) is 2.12. The normalized spacial score (nSPS) is 10.4. The van der Waals surface area contributed by atoms with Crippen LogP contribution in [0, 0.1) is 10.1 Å². The van der Waals surface area contributed by atoms with E-state index in [1.807, 2.05) is 0 Å². The molecule has 128 valence electrons. The Hall–Kier alpha value is -3.33. The lowest BCUT2D eigenvalue weighted by Gasteiger charge is -2.07. The highest BCUT2D eigenvalue weighted by Crippen LogP contribution is 2.23. The molecule has 0 unspecified atom stereocenters. The number of non-ortho nitro benzene ring substituents is 1. The average Bonchev–Trinajstić information content (AvgIpc) is 2.54. The summed E-state index contributed by atoms with van der Waals surface area (Å²) in [5.74, 6) is -0.372. The molecule has 9 heteroatoms. The van der Waals surface area contributed by atoms with E-state index in [0.29, 0.717) is 11.4 Å². The Labute approximate surface area is 148 Å². The Morgan fingerprint density at radius 2 is 1.96 bits per heavy atom. The molecule has 0 saturated carbocycles. The fourth-order valence-electron chi connectivity index (χ4n) is 1.86. The van der Waals surface area contributed by atoms with E-state index in [1.54, 1.807) is 24.3 Å². The van der Waals surface area contributed by atoms with Gasteiger partial charge in [0.1, 0.15) is 5.75 Å². The van der Waals surface area contributed by atoms with E-state index in [2.05, 4.69) is 15.6 Å². The van der Waals surface area contributed by atoms with Crippen molar-refractivity contribution in [1.82, 2.24) is 5.32 Å². The van der Waals surface area contributed by atoms with Gasteiger partial charge in [-0.3, -0.25) is 19.9 Å². The van der Waals surface area contributed by atoms with Crippen LogP contribution < -0.4 is 10.6 Å². The predicted molar refractivity (Wildman–Crippen MR) is 98.5 cm³/mol. The smallest absolute Gasteiger partial charge is 0.270 e. The van der Waals surface area contributed by atoms with Gasteiger partial charge in [-0.2, -0.15) is 0 Å². The number of aromatic hydroxyl groups is 1. The largest absolute Gasteiger partial charge is 0.507 e. The summed E-state index contributed by atoms with van der Waals surface area (Å²) < 4.78 is 0. The third-order valence-electron chi connectivity index (χ3n) is 2.99. The van der Waals surface area contributed by atoms with Gasteiger partial charge in [-0.05, 0) is 42.5 Å². The summed E-state index contributed by atoms with van der Waals surface area (Å²) in [6, 6.07) is 10.5. The summed E-state index contributed by atoms with van der Waals surface area (Å²) in [4.78, 5) is 25.3. The molecular weight excluding hydrogens is 344 g/mol. The van der Waals surface area contributed by atoms with E-state index in [-0.39, 0.29) is 28.0 Å². The van der Waals surface area contributed by atoms with Crippen molar-refractivity contribution in [3.8, 4) is 5.75 Å². The number of thiocarbonyl (C=S) groups is 1. The van der Waals surface area contributed by atoms with E-state index in [1.165, 1.54) is 31.3 Å². The van der Waals surface area contributed by atoms with Crippen molar-refractivity contribution in [2.24, 2.45) is 4.99 Å². The maximum Gasteiger partial charge on any atom is 0.270 e. The number of nitro benzene ring substituents is 1. The minimum Gasteiger partial charge on any atom is -0.507 e. The fraction of sp³-hybridized carbons (Fsp3) is 0.0625. The Morgan fingerprint density at radius 3 is 2.56 bits per heavy atom. The van der Waals surface area contributed by atoms with Crippen LogP contribution in [-0.2, 0) is 4.79 Å². The van der Waals surface area contributed by atoms with Gasteiger partial charge < -0.3 is 15.7 Å². The number of carbonyl (C=O) groups excluding carboxylic acids is 1. The van der Waals surface area contributed by atoms with Crippen LogP contribution in [0.4, 0.5) is 17.1 Å². The average molecular weight is 358 g/mol. The molecule has 25 heavy (non-hydrogen) atoms. The van der Waals surface area contributed by atoms with Crippen LogP contribution >= 0.6 is 12.2 Å². The van der Waals surface area contributed by atoms with Gasteiger partial charge in [-0.15, -0.1) is 0 Å². The van der Waals surface area contributed by atoms with Crippen molar-refractivity contribution in [1.29, 1.82) is 0 Å². The third-order valence-corrected chi connectivity index (χ3v) is 3.19. The number of aliphatic imine (C=N–C) groups is 1. The number of benzene rings is 2. The maximum absolute atomic E-state index is 10.9. The monoisotopic (exact) mass is 358 g/mol. The molecular formula is C16H14N4O4S. The molecule has 2 aromatic carbocycles. The molecule has 3 N–H and O–H groups in total. The Morgan fingerprint density at radius 1 is 1.28 bits per heavy atom. The number of nitrogens with zero attached hydrogens (tertiary/aromatic N) is 2. The van der Waals surface area contributed by atoms with Gasteiger partial charge in [-0.25, -0.2) is 0 Å². The summed E-state index contributed by atoms with van der Waals surface area (Å²) in [5, 5.41) is 26.0. The Kier molecular flexibility index (Phi) is 5.75. The molecule has 0 atom stereocenters. The second-order valence-electron chi connectivity index (χ2n) is 4.94. The van der Waals surface area contributed by atoms with E-state index < -0.39 is 4.92 Å². The van der Waals surface area contributed by atoms with Crippen LogP contribution in [0.1, 0.15) is 12.5 Å². The number of nitro groups is 1. The summed E-state index contributed by atoms with van der Waals surface area (Å²) in [5.41, 5.74) is 1.34. The number of phenolic OH excluding ortho intramolecular Hbond substituents is 1. The molecule has 0 saturated heterocycles. The van der Waals surface area contributed by atoms with E-state index >= 15 is 0 Å². The maximum atomic E-state index is 10.9. The van der Waals surface area contributed by atoms with Crippen LogP contribution in [0.3, 0.4) is 0 Å². The number of anilines is 1. The minimum absolute atomic E-state index is 0.103. The van der Waals surface area contributed by atoms with E-state index in [0.717, 1.165) is 0 Å². The second-order valence-corrected chi connectivity index (χ2v) is 5.35. The molecule has 0 fully saturated rings. The first kappa shape index (κ1) is 18.0. The molecule has 0 heterocycles. The highest BCUT2D eigenvalue weighted by atomic mass is 32.1. The van der Waals surface area contributed by atoms with Crippen LogP contribution in [-0.4, -0.2) is 27.3 Å². The van der Waals surface area contributed by atoms with Gasteiger partial charge in [0.2, 0.25) is 5.91 Å². The lowest BCUT2D eigenvalue weighted by atomic mass is 10.2. The van der Waals surface area contributed by atoms with Crippen molar-refractivity contribution >= 4 is 46.5 Å².